The fourth-order valence-electron chi connectivity index (χ4n) is 3.03. The number of hydrogen-bond acceptors (Lipinski definition) is 0. The van der Waals surface area contributed by atoms with E-state index >= 15 is 0 Å². The zero-order valence-corrected chi connectivity index (χ0v) is 12.5. The number of hydrogen-bond donors (Lipinski definition) is 0. The number of unbranched alkanes of at least 4 members (excludes halogenated alkanes) is 1. The van der Waals surface area contributed by atoms with Gasteiger partial charge in [0.15, 0.2) is 0 Å². The van der Waals surface area contributed by atoms with E-state index in [4.69, 9.17) is 6.42 Å². The minimum atomic E-state index is 0.217. The summed E-state index contributed by atoms with van der Waals surface area (Å²) in [4.78, 5) is 0. The highest BCUT2D eigenvalue weighted by Gasteiger charge is 2.11. The summed E-state index contributed by atoms with van der Waals surface area (Å²) < 4.78 is 0. The molecule has 104 valence electrons. The highest BCUT2D eigenvalue weighted by atomic mass is 14.1. The SMILES string of the molecule is C#CC(CCCC)c1cccc2cc3ccccc3cc12. The summed E-state index contributed by atoms with van der Waals surface area (Å²) in [5.74, 6) is 3.21. The fraction of sp³-hybridized carbons (Fsp3) is 0.238. The zero-order valence-electron chi connectivity index (χ0n) is 12.5. The summed E-state index contributed by atoms with van der Waals surface area (Å²) in [6.45, 7) is 2.21. The van der Waals surface area contributed by atoms with Crippen molar-refractivity contribution in [1.29, 1.82) is 0 Å². The predicted octanol–water partition coefficient (Wildman–Crippen LogP) is 5.90. The smallest absolute Gasteiger partial charge is 0.0455 e. The van der Waals surface area contributed by atoms with E-state index < -0.39 is 0 Å². The Morgan fingerprint density at radius 3 is 2.38 bits per heavy atom. The predicted molar refractivity (Wildman–Crippen MR) is 92.6 cm³/mol. The first-order valence-electron chi connectivity index (χ1n) is 7.71. The Morgan fingerprint density at radius 1 is 0.952 bits per heavy atom. The van der Waals surface area contributed by atoms with E-state index in [1.807, 2.05) is 0 Å². The average Bonchev–Trinajstić information content (AvgIpc) is 2.53. The normalized spacial score (nSPS) is 12.4. The van der Waals surface area contributed by atoms with Crippen molar-refractivity contribution in [3.8, 4) is 12.3 Å². The van der Waals surface area contributed by atoms with Crippen molar-refractivity contribution in [3.63, 3.8) is 0 Å². The minimum Gasteiger partial charge on any atom is -0.119 e. The third-order valence-electron chi connectivity index (χ3n) is 4.20. The molecule has 3 rings (SSSR count). The lowest BCUT2D eigenvalue weighted by atomic mass is 9.89. The standard InChI is InChI=1S/C21H20/c1-3-5-9-16(4-2)20-13-8-12-19-14-17-10-6-7-11-18(17)15-21(19)20/h2,6-8,10-16H,3,5,9H2,1H3. The Bertz CT molecular complexity index is 805. The molecule has 1 unspecified atom stereocenters. The third-order valence-corrected chi connectivity index (χ3v) is 4.20. The maximum atomic E-state index is 5.80. The van der Waals surface area contributed by atoms with Crippen LogP contribution in [0.5, 0.6) is 0 Å². The van der Waals surface area contributed by atoms with Gasteiger partial charge < -0.3 is 0 Å². The summed E-state index contributed by atoms with van der Waals surface area (Å²) in [5.41, 5.74) is 1.30. The Kier molecular flexibility index (Phi) is 3.93. The Labute approximate surface area is 126 Å². The van der Waals surface area contributed by atoms with Gasteiger partial charge in [0.2, 0.25) is 0 Å². The number of fused-ring (bicyclic) bond motifs is 2. The quantitative estimate of drug-likeness (QED) is 0.409. The molecule has 0 heteroatoms. The largest absolute Gasteiger partial charge is 0.119 e. The molecule has 21 heavy (non-hydrogen) atoms. The molecule has 0 saturated carbocycles. The van der Waals surface area contributed by atoms with Gasteiger partial charge in [-0.2, -0.15) is 0 Å². The van der Waals surface area contributed by atoms with Gasteiger partial charge in [0.1, 0.15) is 0 Å². The van der Waals surface area contributed by atoms with Crippen LogP contribution < -0.4 is 0 Å². The van der Waals surface area contributed by atoms with Gasteiger partial charge >= 0.3 is 0 Å². The molecule has 0 spiro atoms. The van der Waals surface area contributed by atoms with Crippen LogP contribution in [0.1, 0.15) is 37.7 Å². The van der Waals surface area contributed by atoms with Gasteiger partial charge in [0.05, 0.1) is 0 Å². The Balaban J connectivity index is 2.18. The lowest BCUT2D eigenvalue weighted by molar-refractivity contribution is 0.679. The molecular weight excluding hydrogens is 252 g/mol. The van der Waals surface area contributed by atoms with Crippen LogP contribution >= 0.6 is 0 Å². The summed E-state index contributed by atoms with van der Waals surface area (Å²) in [6.07, 6.45) is 9.23. The Hall–Kier alpha value is -2.26. The van der Waals surface area contributed by atoms with E-state index in [2.05, 4.69) is 67.4 Å². The Morgan fingerprint density at radius 2 is 1.67 bits per heavy atom. The molecule has 0 fully saturated rings. The van der Waals surface area contributed by atoms with Gasteiger partial charge in [0, 0.05) is 5.92 Å². The van der Waals surface area contributed by atoms with Crippen molar-refractivity contribution in [2.24, 2.45) is 0 Å². The highest BCUT2D eigenvalue weighted by Crippen LogP contribution is 2.31. The molecular formula is C21H20. The molecule has 3 aromatic rings. The first-order chi connectivity index (χ1) is 10.3. The van der Waals surface area contributed by atoms with E-state index in [0.717, 1.165) is 6.42 Å². The molecule has 0 N–H and O–H groups in total. The van der Waals surface area contributed by atoms with Crippen LogP contribution in [0.2, 0.25) is 0 Å². The van der Waals surface area contributed by atoms with E-state index in [-0.39, 0.29) is 5.92 Å². The van der Waals surface area contributed by atoms with Gasteiger partial charge in [-0.1, -0.05) is 68.2 Å². The van der Waals surface area contributed by atoms with Crippen LogP contribution in [0.3, 0.4) is 0 Å². The van der Waals surface area contributed by atoms with Gasteiger partial charge in [-0.3, -0.25) is 0 Å². The molecule has 0 aromatic heterocycles. The fourth-order valence-corrected chi connectivity index (χ4v) is 3.03. The summed E-state index contributed by atoms with van der Waals surface area (Å²) in [7, 11) is 0. The van der Waals surface area contributed by atoms with Crippen molar-refractivity contribution in [3.05, 3.63) is 60.2 Å². The van der Waals surface area contributed by atoms with Crippen molar-refractivity contribution in [1.82, 2.24) is 0 Å². The van der Waals surface area contributed by atoms with Gasteiger partial charge in [-0.25, -0.2) is 0 Å². The zero-order chi connectivity index (χ0) is 14.7. The van der Waals surface area contributed by atoms with Crippen LogP contribution in [0, 0.1) is 12.3 Å². The van der Waals surface area contributed by atoms with Gasteiger partial charge in [-0.15, -0.1) is 6.42 Å². The van der Waals surface area contributed by atoms with Gasteiger partial charge in [0.25, 0.3) is 0 Å². The van der Waals surface area contributed by atoms with Crippen LogP contribution in [-0.2, 0) is 0 Å². The summed E-state index contributed by atoms with van der Waals surface area (Å²) in [5, 5.41) is 5.15. The van der Waals surface area contributed by atoms with Crippen LogP contribution in [0.15, 0.2) is 54.6 Å². The van der Waals surface area contributed by atoms with Crippen molar-refractivity contribution in [2.75, 3.05) is 0 Å². The third kappa shape index (κ3) is 2.65. The molecule has 0 heterocycles. The maximum absolute atomic E-state index is 5.80. The van der Waals surface area contributed by atoms with E-state index in [1.165, 1.54) is 39.9 Å². The maximum Gasteiger partial charge on any atom is 0.0455 e. The molecule has 0 aliphatic heterocycles. The number of benzene rings is 3. The summed E-state index contributed by atoms with van der Waals surface area (Å²) >= 11 is 0. The van der Waals surface area contributed by atoms with E-state index in [1.54, 1.807) is 0 Å². The summed E-state index contributed by atoms with van der Waals surface area (Å²) in [6, 6.07) is 19.6. The molecule has 0 aliphatic rings. The molecule has 0 radical (unpaired) electrons. The lowest BCUT2D eigenvalue weighted by Gasteiger charge is -2.14. The monoisotopic (exact) mass is 272 g/mol. The molecule has 0 nitrogen and oxygen atoms in total. The first-order valence-corrected chi connectivity index (χ1v) is 7.71. The van der Waals surface area contributed by atoms with E-state index in [0.29, 0.717) is 0 Å². The lowest BCUT2D eigenvalue weighted by Crippen LogP contribution is -1.97. The van der Waals surface area contributed by atoms with Crippen LogP contribution in [0.25, 0.3) is 21.5 Å². The molecule has 0 saturated heterocycles. The average molecular weight is 272 g/mol. The number of rotatable bonds is 4. The van der Waals surface area contributed by atoms with Gasteiger partial charge in [-0.05, 0) is 45.7 Å². The molecule has 1 atom stereocenters. The topological polar surface area (TPSA) is 0 Å². The second kappa shape index (κ2) is 6.02. The van der Waals surface area contributed by atoms with Crippen molar-refractivity contribution >= 4 is 21.5 Å². The van der Waals surface area contributed by atoms with E-state index in [9.17, 15) is 0 Å². The second-order valence-corrected chi connectivity index (χ2v) is 5.63. The first kappa shape index (κ1) is 13.7. The minimum absolute atomic E-state index is 0.217. The molecule has 3 aromatic carbocycles. The molecule has 0 bridgehead atoms. The number of terminal acetylenes is 1. The van der Waals surface area contributed by atoms with Crippen molar-refractivity contribution < 1.29 is 0 Å². The second-order valence-electron chi connectivity index (χ2n) is 5.63. The van der Waals surface area contributed by atoms with Crippen molar-refractivity contribution in [2.45, 2.75) is 32.1 Å². The van der Waals surface area contributed by atoms with Crippen LogP contribution in [0.4, 0.5) is 0 Å². The molecule has 0 amide bonds. The molecule has 0 aliphatic carbocycles. The highest BCUT2D eigenvalue weighted by molar-refractivity contribution is 5.99. The van der Waals surface area contributed by atoms with Crippen LogP contribution in [-0.4, -0.2) is 0 Å².